The molecule has 1 N–H and O–H groups in total. The van der Waals surface area contributed by atoms with Gasteiger partial charge in [0.05, 0.1) is 6.10 Å². The molecule has 2 atom stereocenters. The molecule has 0 aromatic carbocycles. The predicted octanol–water partition coefficient (Wildman–Crippen LogP) is 1.19. The minimum atomic E-state index is -0.260. The molecule has 0 aromatic heterocycles. The van der Waals surface area contributed by atoms with Crippen molar-refractivity contribution in [3.05, 3.63) is 0 Å². The fourth-order valence-corrected chi connectivity index (χ4v) is 1.46. The van der Waals surface area contributed by atoms with Crippen LogP contribution < -0.4 is 0 Å². The van der Waals surface area contributed by atoms with Crippen LogP contribution in [0.1, 0.15) is 26.2 Å². The zero-order valence-corrected chi connectivity index (χ0v) is 7.55. The summed E-state index contributed by atoms with van der Waals surface area (Å²) >= 11 is 0. The Balaban J connectivity index is 2.14. The predicted molar refractivity (Wildman–Crippen MR) is 47.6 cm³/mol. The third-order valence-electron chi connectivity index (χ3n) is 2.14. The molecule has 68 valence electrons. The molecular weight excluding hydrogens is 152 g/mol. The molecule has 2 unspecified atom stereocenters. The van der Waals surface area contributed by atoms with E-state index in [9.17, 15) is 5.11 Å². The summed E-state index contributed by atoms with van der Waals surface area (Å²) < 4.78 is 5.22. The second-order valence-corrected chi connectivity index (χ2v) is 3.25. The Morgan fingerprint density at radius 1 is 1.67 bits per heavy atom. The number of hydrogen-bond donors (Lipinski definition) is 1. The maximum absolute atomic E-state index is 9.48. The van der Waals surface area contributed by atoms with Gasteiger partial charge >= 0.3 is 0 Å². The molecule has 0 radical (unpaired) electrons. The molecule has 0 saturated carbocycles. The highest BCUT2D eigenvalue weighted by Crippen LogP contribution is 2.18. The van der Waals surface area contributed by atoms with E-state index >= 15 is 0 Å². The summed E-state index contributed by atoms with van der Waals surface area (Å²) in [6.07, 6.45) is 2.28. The van der Waals surface area contributed by atoms with Gasteiger partial charge in [-0.05, 0) is 25.7 Å². The van der Waals surface area contributed by atoms with Crippen molar-refractivity contribution in [1.29, 1.82) is 0 Å². The molecule has 0 aromatic rings. The lowest BCUT2D eigenvalue weighted by Crippen LogP contribution is -2.12. The Bertz CT molecular complexity index is 172. The summed E-state index contributed by atoms with van der Waals surface area (Å²) in [6, 6.07) is 0. The van der Waals surface area contributed by atoms with Gasteiger partial charge in [0, 0.05) is 19.6 Å². The Morgan fingerprint density at radius 3 is 3.08 bits per heavy atom. The van der Waals surface area contributed by atoms with E-state index in [-0.39, 0.29) is 6.10 Å². The molecule has 0 bridgehead atoms. The second-order valence-electron chi connectivity index (χ2n) is 3.25. The Morgan fingerprint density at radius 2 is 2.50 bits per heavy atom. The van der Waals surface area contributed by atoms with Crippen molar-refractivity contribution >= 4 is 0 Å². The minimum Gasteiger partial charge on any atom is -0.392 e. The van der Waals surface area contributed by atoms with Gasteiger partial charge in [0.2, 0.25) is 0 Å². The van der Waals surface area contributed by atoms with Crippen molar-refractivity contribution in [2.75, 3.05) is 13.2 Å². The van der Waals surface area contributed by atoms with Crippen LogP contribution in [-0.2, 0) is 4.74 Å². The molecule has 1 heterocycles. The number of hydrogen-bond acceptors (Lipinski definition) is 2. The Kier molecular flexibility index (Phi) is 4.13. The number of rotatable bonds is 3. The van der Waals surface area contributed by atoms with Crippen LogP contribution in [-0.4, -0.2) is 24.4 Å². The quantitative estimate of drug-likeness (QED) is 0.641. The zero-order valence-electron chi connectivity index (χ0n) is 7.55. The number of aliphatic hydroxyl groups excluding tert-OH is 1. The van der Waals surface area contributed by atoms with E-state index in [2.05, 4.69) is 11.8 Å². The maximum atomic E-state index is 9.48. The van der Waals surface area contributed by atoms with E-state index in [1.807, 2.05) is 0 Å². The molecule has 1 saturated heterocycles. The Hall–Kier alpha value is -0.520. The van der Waals surface area contributed by atoms with Gasteiger partial charge in [0.1, 0.15) is 0 Å². The summed E-state index contributed by atoms with van der Waals surface area (Å²) in [6.45, 7) is 3.47. The third kappa shape index (κ3) is 3.25. The highest BCUT2D eigenvalue weighted by Gasteiger charge is 2.18. The molecule has 2 heteroatoms. The van der Waals surface area contributed by atoms with Crippen molar-refractivity contribution in [3.63, 3.8) is 0 Å². The van der Waals surface area contributed by atoms with Gasteiger partial charge in [-0.25, -0.2) is 0 Å². The van der Waals surface area contributed by atoms with Gasteiger partial charge in [-0.15, -0.1) is 11.8 Å². The van der Waals surface area contributed by atoms with Crippen LogP contribution in [0.4, 0.5) is 0 Å². The van der Waals surface area contributed by atoms with E-state index in [4.69, 9.17) is 4.74 Å². The van der Waals surface area contributed by atoms with Gasteiger partial charge in [-0.2, -0.15) is 0 Å². The SMILES string of the molecule is CC#CCC(O)CC1CCOC1. The third-order valence-corrected chi connectivity index (χ3v) is 2.14. The highest BCUT2D eigenvalue weighted by molar-refractivity contribution is 4.96. The Labute approximate surface area is 73.9 Å². The van der Waals surface area contributed by atoms with Gasteiger partial charge in [0.15, 0.2) is 0 Å². The van der Waals surface area contributed by atoms with Crippen LogP contribution in [0, 0.1) is 17.8 Å². The lowest BCUT2D eigenvalue weighted by molar-refractivity contribution is 0.132. The van der Waals surface area contributed by atoms with E-state index < -0.39 is 0 Å². The first kappa shape index (κ1) is 9.57. The van der Waals surface area contributed by atoms with Crippen LogP contribution in [0.5, 0.6) is 0 Å². The van der Waals surface area contributed by atoms with Crippen LogP contribution in [0.2, 0.25) is 0 Å². The molecule has 12 heavy (non-hydrogen) atoms. The van der Waals surface area contributed by atoms with Crippen molar-refractivity contribution in [3.8, 4) is 11.8 Å². The van der Waals surface area contributed by atoms with E-state index in [1.54, 1.807) is 6.92 Å². The monoisotopic (exact) mass is 168 g/mol. The van der Waals surface area contributed by atoms with Crippen molar-refractivity contribution in [2.45, 2.75) is 32.3 Å². The summed E-state index contributed by atoms with van der Waals surface area (Å²) in [5, 5.41) is 9.48. The molecule has 0 amide bonds. The zero-order chi connectivity index (χ0) is 8.81. The fourth-order valence-electron chi connectivity index (χ4n) is 1.46. The lowest BCUT2D eigenvalue weighted by Gasteiger charge is -2.10. The van der Waals surface area contributed by atoms with Crippen molar-refractivity contribution in [2.24, 2.45) is 5.92 Å². The summed E-state index contributed by atoms with van der Waals surface area (Å²) in [4.78, 5) is 0. The second kappa shape index (κ2) is 5.18. The molecule has 1 aliphatic heterocycles. The van der Waals surface area contributed by atoms with Crippen molar-refractivity contribution in [1.82, 2.24) is 0 Å². The van der Waals surface area contributed by atoms with Crippen LogP contribution in [0.25, 0.3) is 0 Å². The topological polar surface area (TPSA) is 29.5 Å². The molecule has 1 aliphatic rings. The smallest absolute Gasteiger partial charge is 0.0652 e. The molecule has 1 fully saturated rings. The first-order chi connectivity index (χ1) is 5.83. The van der Waals surface area contributed by atoms with Gasteiger partial charge in [-0.1, -0.05) is 0 Å². The largest absolute Gasteiger partial charge is 0.392 e. The van der Waals surface area contributed by atoms with E-state index in [1.165, 1.54) is 0 Å². The van der Waals surface area contributed by atoms with Crippen LogP contribution in [0.15, 0.2) is 0 Å². The minimum absolute atomic E-state index is 0.260. The number of aliphatic hydroxyl groups is 1. The number of ether oxygens (including phenoxy) is 1. The van der Waals surface area contributed by atoms with Crippen LogP contribution >= 0.6 is 0 Å². The average Bonchev–Trinajstić information content (AvgIpc) is 2.53. The van der Waals surface area contributed by atoms with Crippen molar-refractivity contribution < 1.29 is 9.84 Å². The molecular formula is C10H16O2. The fraction of sp³-hybridized carbons (Fsp3) is 0.800. The van der Waals surface area contributed by atoms with Gasteiger partial charge < -0.3 is 9.84 Å². The molecule has 1 rings (SSSR count). The first-order valence-corrected chi connectivity index (χ1v) is 4.48. The maximum Gasteiger partial charge on any atom is 0.0652 e. The summed E-state index contributed by atoms with van der Waals surface area (Å²) in [5.74, 6) is 6.22. The van der Waals surface area contributed by atoms with Gasteiger partial charge in [0.25, 0.3) is 0 Å². The summed E-state index contributed by atoms with van der Waals surface area (Å²) in [5.41, 5.74) is 0. The van der Waals surface area contributed by atoms with Gasteiger partial charge in [-0.3, -0.25) is 0 Å². The molecule has 2 nitrogen and oxygen atoms in total. The average molecular weight is 168 g/mol. The highest BCUT2D eigenvalue weighted by atomic mass is 16.5. The molecule has 0 spiro atoms. The molecule has 0 aliphatic carbocycles. The van der Waals surface area contributed by atoms with E-state index in [0.717, 1.165) is 26.1 Å². The van der Waals surface area contributed by atoms with Crippen LogP contribution in [0.3, 0.4) is 0 Å². The lowest BCUT2D eigenvalue weighted by atomic mass is 9.99. The standard InChI is InChI=1S/C10H16O2/c1-2-3-4-10(11)7-9-5-6-12-8-9/h9-11H,4-8H2,1H3. The first-order valence-electron chi connectivity index (χ1n) is 4.48. The summed E-state index contributed by atoms with van der Waals surface area (Å²) in [7, 11) is 0. The van der Waals surface area contributed by atoms with E-state index in [0.29, 0.717) is 12.3 Å². The normalized spacial score (nSPS) is 24.7.